The highest BCUT2D eigenvalue weighted by molar-refractivity contribution is 9.10. The predicted molar refractivity (Wildman–Crippen MR) is 65.4 cm³/mol. The van der Waals surface area contributed by atoms with Crippen molar-refractivity contribution in [3.8, 4) is 0 Å². The van der Waals surface area contributed by atoms with Crippen LogP contribution in [0.1, 0.15) is 0 Å². The lowest BCUT2D eigenvalue weighted by Crippen LogP contribution is -2.20. The van der Waals surface area contributed by atoms with Gasteiger partial charge in [-0.3, -0.25) is 4.79 Å². The van der Waals surface area contributed by atoms with Crippen LogP contribution in [0.3, 0.4) is 0 Å². The number of methoxy groups -OCH3 is 1. The van der Waals surface area contributed by atoms with Gasteiger partial charge < -0.3 is 14.8 Å². The molecule has 0 atom stereocenters. The van der Waals surface area contributed by atoms with Gasteiger partial charge in [0, 0.05) is 11.6 Å². The van der Waals surface area contributed by atoms with Crippen LogP contribution in [0.15, 0.2) is 22.7 Å². The summed E-state index contributed by atoms with van der Waals surface area (Å²) in [6.07, 6.45) is 0. The number of carbonyl (C=O) groups excluding carboxylic acids is 1. The fourth-order valence-electron chi connectivity index (χ4n) is 1.10. The number of hydrogen-bond acceptors (Lipinski definition) is 3. The van der Waals surface area contributed by atoms with Gasteiger partial charge in [0.25, 0.3) is 0 Å². The van der Waals surface area contributed by atoms with Gasteiger partial charge in [0.2, 0.25) is 5.91 Å². The normalized spacial score (nSPS) is 10.3. The number of rotatable bonds is 6. The van der Waals surface area contributed by atoms with Crippen molar-refractivity contribution in [1.29, 1.82) is 0 Å². The van der Waals surface area contributed by atoms with E-state index in [-0.39, 0.29) is 12.3 Å². The molecule has 0 aliphatic heterocycles. The van der Waals surface area contributed by atoms with E-state index < -0.39 is 11.7 Å². The molecule has 0 unspecified atom stereocenters. The van der Waals surface area contributed by atoms with Crippen molar-refractivity contribution in [2.45, 2.75) is 0 Å². The third-order valence-corrected chi connectivity index (χ3v) is 2.55. The lowest BCUT2D eigenvalue weighted by Gasteiger charge is -2.08. The average molecular weight is 306 g/mol. The highest BCUT2D eigenvalue weighted by Gasteiger charge is 2.10. The topological polar surface area (TPSA) is 47.6 Å². The Kier molecular flexibility index (Phi) is 6.10. The third kappa shape index (κ3) is 4.80. The zero-order valence-electron chi connectivity index (χ0n) is 9.33. The predicted octanol–water partition coefficient (Wildman–Crippen LogP) is 2.19. The number of carbonyl (C=O) groups is 1. The van der Waals surface area contributed by atoms with Gasteiger partial charge in [-0.05, 0) is 28.1 Å². The molecule has 0 fully saturated rings. The first-order valence-corrected chi connectivity index (χ1v) is 5.75. The van der Waals surface area contributed by atoms with Crippen LogP contribution in [0.25, 0.3) is 0 Å². The van der Waals surface area contributed by atoms with Gasteiger partial charge in [-0.15, -0.1) is 0 Å². The van der Waals surface area contributed by atoms with Crippen LogP contribution in [0, 0.1) is 5.82 Å². The zero-order chi connectivity index (χ0) is 12.7. The standard InChI is InChI=1S/C11H13BrFNO3/c1-16-5-6-17-7-10(15)14-11-8(12)3-2-4-9(11)13/h2-4H,5-7H2,1H3,(H,14,15). The number of hydrogen-bond donors (Lipinski definition) is 1. The van der Waals surface area contributed by atoms with E-state index in [0.717, 1.165) is 0 Å². The molecule has 94 valence electrons. The Labute approximate surface area is 107 Å². The highest BCUT2D eigenvalue weighted by Crippen LogP contribution is 2.24. The molecule has 4 nitrogen and oxygen atoms in total. The van der Waals surface area contributed by atoms with Crippen molar-refractivity contribution in [2.75, 3.05) is 32.2 Å². The summed E-state index contributed by atoms with van der Waals surface area (Å²) in [6, 6.07) is 4.46. The summed E-state index contributed by atoms with van der Waals surface area (Å²) in [5, 5.41) is 2.43. The van der Waals surface area contributed by atoms with Crippen molar-refractivity contribution >= 4 is 27.5 Å². The van der Waals surface area contributed by atoms with E-state index in [2.05, 4.69) is 21.2 Å². The number of ether oxygens (including phenoxy) is 2. The Hall–Kier alpha value is -0.980. The summed E-state index contributed by atoms with van der Waals surface area (Å²) >= 11 is 3.15. The van der Waals surface area contributed by atoms with Gasteiger partial charge in [-0.1, -0.05) is 6.07 Å². The minimum absolute atomic E-state index is 0.118. The first-order chi connectivity index (χ1) is 8.15. The molecule has 1 amide bonds. The fourth-order valence-corrected chi connectivity index (χ4v) is 1.54. The van der Waals surface area contributed by atoms with Crippen molar-refractivity contribution in [1.82, 2.24) is 0 Å². The Morgan fingerprint density at radius 2 is 2.24 bits per heavy atom. The average Bonchev–Trinajstić information content (AvgIpc) is 2.30. The highest BCUT2D eigenvalue weighted by atomic mass is 79.9. The van der Waals surface area contributed by atoms with E-state index in [1.807, 2.05) is 0 Å². The molecule has 0 aliphatic carbocycles. The summed E-state index contributed by atoms with van der Waals surface area (Å²) in [5.41, 5.74) is 0.118. The second-order valence-corrected chi connectivity index (χ2v) is 4.04. The fraction of sp³-hybridized carbons (Fsp3) is 0.364. The molecule has 0 bridgehead atoms. The van der Waals surface area contributed by atoms with E-state index in [0.29, 0.717) is 17.7 Å². The molecule has 1 N–H and O–H groups in total. The van der Waals surface area contributed by atoms with Gasteiger partial charge in [-0.25, -0.2) is 4.39 Å². The maximum absolute atomic E-state index is 13.3. The van der Waals surface area contributed by atoms with Crippen molar-refractivity contribution in [3.63, 3.8) is 0 Å². The SMILES string of the molecule is COCCOCC(=O)Nc1c(F)cccc1Br. The quantitative estimate of drug-likeness (QED) is 0.820. The van der Waals surface area contributed by atoms with Gasteiger partial charge in [0.1, 0.15) is 12.4 Å². The first kappa shape index (κ1) is 14.1. The van der Waals surface area contributed by atoms with Crippen LogP contribution in [0.5, 0.6) is 0 Å². The molecule has 0 spiro atoms. The lowest BCUT2D eigenvalue weighted by atomic mass is 10.3. The maximum atomic E-state index is 13.3. The Morgan fingerprint density at radius 1 is 1.47 bits per heavy atom. The van der Waals surface area contributed by atoms with Gasteiger partial charge in [-0.2, -0.15) is 0 Å². The molecule has 0 radical (unpaired) electrons. The molecule has 0 saturated carbocycles. The van der Waals surface area contributed by atoms with Crippen LogP contribution in [-0.4, -0.2) is 32.8 Å². The summed E-state index contributed by atoms with van der Waals surface area (Å²) in [7, 11) is 1.54. The molecular formula is C11H13BrFNO3. The molecule has 1 aromatic carbocycles. The second-order valence-electron chi connectivity index (χ2n) is 3.19. The van der Waals surface area contributed by atoms with Crippen molar-refractivity contribution in [2.24, 2.45) is 0 Å². The van der Waals surface area contributed by atoms with Crippen molar-refractivity contribution in [3.05, 3.63) is 28.5 Å². The summed E-state index contributed by atoms with van der Waals surface area (Å²) in [4.78, 5) is 11.4. The Morgan fingerprint density at radius 3 is 2.88 bits per heavy atom. The summed E-state index contributed by atoms with van der Waals surface area (Å²) < 4.78 is 23.6. The molecule has 17 heavy (non-hydrogen) atoms. The molecule has 0 heterocycles. The molecule has 0 aromatic heterocycles. The maximum Gasteiger partial charge on any atom is 0.250 e. The van der Waals surface area contributed by atoms with E-state index in [9.17, 15) is 9.18 Å². The molecule has 1 aromatic rings. The van der Waals surface area contributed by atoms with E-state index in [1.54, 1.807) is 19.2 Å². The van der Waals surface area contributed by atoms with Crippen molar-refractivity contribution < 1.29 is 18.7 Å². The summed E-state index contributed by atoms with van der Waals surface area (Å²) in [6.45, 7) is 0.600. The number of halogens is 2. The first-order valence-electron chi connectivity index (χ1n) is 4.95. The molecule has 0 aliphatic rings. The van der Waals surface area contributed by atoms with E-state index in [4.69, 9.17) is 9.47 Å². The smallest absolute Gasteiger partial charge is 0.250 e. The van der Waals surface area contributed by atoms with Crippen LogP contribution in [-0.2, 0) is 14.3 Å². The largest absolute Gasteiger partial charge is 0.382 e. The van der Waals surface area contributed by atoms with Gasteiger partial charge in [0.15, 0.2) is 0 Å². The zero-order valence-corrected chi connectivity index (χ0v) is 10.9. The van der Waals surface area contributed by atoms with Crippen LogP contribution >= 0.6 is 15.9 Å². The molecule has 6 heteroatoms. The van der Waals surface area contributed by atoms with Crippen LogP contribution < -0.4 is 5.32 Å². The van der Waals surface area contributed by atoms with E-state index >= 15 is 0 Å². The minimum atomic E-state index is -0.496. The second kappa shape index (κ2) is 7.37. The number of benzene rings is 1. The number of para-hydroxylation sites is 1. The number of amides is 1. The number of nitrogens with one attached hydrogen (secondary N) is 1. The van der Waals surface area contributed by atoms with Gasteiger partial charge >= 0.3 is 0 Å². The number of anilines is 1. The summed E-state index contributed by atoms with van der Waals surface area (Å²) in [5.74, 6) is -0.906. The molecule has 1 rings (SSSR count). The lowest BCUT2D eigenvalue weighted by molar-refractivity contribution is -0.121. The minimum Gasteiger partial charge on any atom is -0.382 e. The third-order valence-electron chi connectivity index (χ3n) is 1.89. The molecule has 0 saturated heterocycles. The Bertz CT molecular complexity index is 367. The van der Waals surface area contributed by atoms with Crippen LogP contribution in [0.4, 0.5) is 10.1 Å². The van der Waals surface area contributed by atoms with Crippen LogP contribution in [0.2, 0.25) is 0 Å². The Balaban J connectivity index is 2.45. The van der Waals surface area contributed by atoms with E-state index in [1.165, 1.54) is 6.07 Å². The monoisotopic (exact) mass is 305 g/mol. The van der Waals surface area contributed by atoms with Gasteiger partial charge in [0.05, 0.1) is 18.9 Å². The molecular weight excluding hydrogens is 293 g/mol.